The Balaban J connectivity index is 1.53. The minimum absolute atomic E-state index is 0.181. The van der Waals surface area contributed by atoms with E-state index in [1.54, 1.807) is 0 Å². The van der Waals surface area contributed by atoms with E-state index >= 15 is 0 Å². The summed E-state index contributed by atoms with van der Waals surface area (Å²) >= 11 is -1.60. The third-order valence-electron chi connectivity index (χ3n) is 5.32. The van der Waals surface area contributed by atoms with Crippen molar-refractivity contribution in [2.45, 2.75) is 78.9 Å². The standard InChI is InChI=1S/C24H40N18.Pb/c1-22(2,3)40-19-34-13-25-10-27-15-32-17(38-20(36-15)41-23(4,5)6)29-12-30-18-33-16(28-11-26-14(31-13)35-19)37-21(39-18)42-24(7,8)9;/h10-12H2,1-9H3,(H7-2,25,26,27,28,29,30,31,32,33,34,35,36,37,38,39,40,41,42);/q-2;+2. The molecule has 6 rings (SSSR count). The van der Waals surface area contributed by atoms with Crippen molar-refractivity contribution in [2.75, 3.05) is 44.0 Å². The van der Waals surface area contributed by atoms with E-state index in [9.17, 15) is 0 Å². The van der Waals surface area contributed by atoms with Crippen LogP contribution < -0.4 is 40.2 Å². The SMILES string of the molecule is CC(C)(C)N=C1NC2=NCNc3nc(nc(NC(C)(C)C)n3)NCNc3nc(nc(=NC(C)(C)C)[nH]3)[N]3C[N]([Pb]3)C(=N2)N1. The van der Waals surface area contributed by atoms with Crippen LogP contribution in [0.15, 0.2) is 20.0 Å². The van der Waals surface area contributed by atoms with Gasteiger partial charge in [0.2, 0.25) is 0 Å². The molecule has 8 bridgehead atoms. The number of aromatic amines is 1. The maximum atomic E-state index is 4.78. The van der Waals surface area contributed by atoms with E-state index in [1.165, 1.54) is 0 Å². The van der Waals surface area contributed by atoms with Crippen LogP contribution in [-0.4, -0.2) is 112 Å². The molecule has 7 N–H and O–H groups in total. The van der Waals surface area contributed by atoms with E-state index in [2.05, 4.69) is 62.2 Å². The first kappa shape index (κ1) is 30.6. The van der Waals surface area contributed by atoms with Gasteiger partial charge in [-0.2, -0.15) is 0 Å². The first-order chi connectivity index (χ1) is 20.1. The summed E-state index contributed by atoms with van der Waals surface area (Å²) in [5.41, 5.74) is -0.408. The number of hydrogen-bond donors (Lipinski definition) is 7. The molecule has 0 spiro atoms. The van der Waals surface area contributed by atoms with E-state index in [0.717, 1.165) is 0 Å². The molecule has 4 aliphatic heterocycles. The van der Waals surface area contributed by atoms with Crippen molar-refractivity contribution in [3.05, 3.63) is 5.62 Å². The Labute approximate surface area is 263 Å². The third-order valence-corrected chi connectivity index (χ3v) is 9.90. The van der Waals surface area contributed by atoms with E-state index in [0.29, 0.717) is 59.9 Å². The molecule has 230 valence electrons. The molecule has 2 aromatic rings. The maximum absolute atomic E-state index is 4.78. The van der Waals surface area contributed by atoms with Gasteiger partial charge in [-0.15, -0.1) is 0 Å². The monoisotopic (exact) mass is 788 g/mol. The molecule has 0 unspecified atom stereocenters. The average Bonchev–Trinajstić information content (AvgIpc) is 2.79. The van der Waals surface area contributed by atoms with Crippen molar-refractivity contribution < 1.29 is 0 Å². The number of hydrogen-bond acceptors (Lipinski definition) is 15. The quantitative estimate of drug-likeness (QED) is 0.196. The van der Waals surface area contributed by atoms with Crippen LogP contribution in [0.5, 0.6) is 0 Å². The Kier molecular flexibility index (Phi) is 8.31. The van der Waals surface area contributed by atoms with E-state index in [-0.39, 0.29) is 30.0 Å². The molecule has 43 heavy (non-hydrogen) atoms. The molecule has 2 radical (unpaired) electrons. The first-order valence-corrected chi connectivity index (χ1v) is 17.4. The van der Waals surface area contributed by atoms with Crippen molar-refractivity contribution >= 4 is 72.5 Å². The topological polar surface area (TPSA) is 208 Å². The Morgan fingerprint density at radius 3 is 2.16 bits per heavy atom. The van der Waals surface area contributed by atoms with Gasteiger partial charge in [-0.1, -0.05) is 0 Å². The van der Waals surface area contributed by atoms with Crippen LogP contribution >= 0.6 is 0 Å². The summed E-state index contributed by atoms with van der Waals surface area (Å²) in [5, 5.41) is 19.5. The number of fused-ring (bicyclic) bond motifs is 4. The van der Waals surface area contributed by atoms with E-state index < -0.39 is 24.8 Å². The molecular weight excluding hydrogens is 748 g/mol. The van der Waals surface area contributed by atoms with Gasteiger partial charge in [-0.25, -0.2) is 0 Å². The predicted octanol–water partition coefficient (Wildman–Crippen LogP) is 0.437. The number of H-pyrrole nitrogens is 1. The summed E-state index contributed by atoms with van der Waals surface area (Å²) in [4.78, 5) is 45.2. The molecule has 0 saturated carbocycles. The number of rotatable bonds is 1. The van der Waals surface area contributed by atoms with Crippen LogP contribution in [0.25, 0.3) is 0 Å². The van der Waals surface area contributed by atoms with Crippen LogP contribution in [0.2, 0.25) is 0 Å². The molecule has 0 atom stereocenters. The summed E-state index contributed by atoms with van der Waals surface area (Å²) < 4.78 is 4.45. The van der Waals surface area contributed by atoms with E-state index in [4.69, 9.17) is 24.9 Å². The zero-order valence-corrected chi connectivity index (χ0v) is 29.9. The van der Waals surface area contributed by atoms with Crippen molar-refractivity contribution in [1.29, 1.82) is 0 Å². The summed E-state index contributed by atoms with van der Waals surface area (Å²) in [6, 6.07) is 0. The Hall–Kier alpha value is -3.85. The average molecular weight is 788 g/mol. The first-order valence-electron chi connectivity index (χ1n) is 14.0. The summed E-state index contributed by atoms with van der Waals surface area (Å²) in [6.45, 7) is 19.3. The van der Waals surface area contributed by atoms with Crippen molar-refractivity contribution in [3.8, 4) is 0 Å². The van der Waals surface area contributed by atoms with Gasteiger partial charge in [0.1, 0.15) is 0 Å². The molecular formula is C24H40N18Pb. The number of nitrogens with zero attached hydrogens (tertiary/aromatic N) is 11. The fourth-order valence-electron chi connectivity index (χ4n) is 3.76. The number of nitrogens with one attached hydrogen (secondary N) is 7. The molecule has 4 aliphatic rings. The van der Waals surface area contributed by atoms with Gasteiger partial charge in [0.05, 0.1) is 0 Å². The zero-order chi connectivity index (χ0) is 31.0. The molecule has 0 aromatic carbocycles. The van der Waals surface area contributed by atoms with Crippen LogP contribution in [0.3, 0.4) is 0 Å². The van der Waals surface area contributed by atoms with Gasteiger partial charge in [-0.3, -0.25) is 0 Å². The second kappa shape index (κ2) is 11.7. The molecule has 6 heterocycles. The van der Waals surface area contributed by atoms with Crippen LogP contribution in [0.1, 0.15) is 62.3 Å². The Bertz CT molecular complexity index is 1500. The molecule has 2 aromatic heterocycles. The van der Waals surface area contributed by atoms with Gasteiger partial charge < -0.3 is 0 Å². The molecule has 19 heteroatoms. The molecule has 1 fully saturated rings. The molecule has 1 saturated heterocycles. The summed E-state index contributed by atoms with van der Waals surface area (Å²) in [7, 11) is 0. The summed E-state index contributed by atoms with van der Waals surface area (Å²) in [6.07, 6.45) is 0. The number of guanidine groups is 3. The van der Waals surface area contributed by atoms with Gasteiger partial charge in [0.15, 0.2) is 0 Å². The number of aliphatic imine (C=N–C) groups is 3. The zero-order valence-electron chi connectivity index (χ0n) is 26.0. The normalized spacial score (nSPS) is 18.8. The third kappa shape index (κ3) is 8.83. The Morgan fingerprint density at radius 2 is 1.49 bits per heavy atom. The van der Waals surface area contributed by atoms with Crippen LogP contribution in [-0.2, 0) is 0 Å². The number of anilines is 5. The van der Waals surface area contributed by atoms with Gasteiger partial charge >= 0.3 is 243 Å². The second-order valence-electron chi connectivity index (χ2n) is 13.0. The molecule has 18 nitrogen and oxygen atoms in total. The molecule has 0 amide bonds. The van der Waals surface area contributed by atoms with Gasteiger partial charge in [0.25, 0.3) is 0 Å². The van der Waals surface area contributed by atoms with Crippen molar-refractivity contribution in [2.24, 2.45) is 20.0 Å². The fourth-order valence-corrected chi connectivity index (χ4v) is 7.12. The van der Waals surface area contributed by atoms with Crippen LogP contribution in [0, 0.1) is 0 Å². The Morgan fingerprint density at radius 1 is 0.791 bits per heavy atom. The van der Waals surface area contributed by atoms with Crippen molar-refractivity contribution in [1.82, 2.24) is 43.2 Å². The second-order valence-corrected chi connectivity index (χ2v) is 18.0. The van der Waals surface area contributed by atoms with Crippen LogP contribution in [0.4, 0.5) is 29.7 Å². The fraction of sp³-hybridized carbons (Fsp3) is 0.625. The van der Waals surface area contributed by atoms with Gasteiger partial charge in [-0.05, 0) is 20.8 Å². The molecule has 0 aliphatic carbocycles. The van der Waals surface area contributed by atoms with E-state index in [1.807, 2.05) is 62.3 Å². The summed E-state index contributed by atoms with van der Waals surface area (Å²) in [5.74, 6) is 3.99. The minimum atomic E-state index is -1.60. The number of aromatic nitrogens is 6. The predicted molar refractivity (Wildman–Crippen MR) is 169 cm³/mol. The van der Waals surface area contributed by atoms with Gasteiger partial charge in [0, 0.05) is 0 Å². The van der Waals surface area contributed by atoms with Crippen molar-refractivity contribution in [3.63, 3.8) is 0 Å².